The minimum Gasteiger partial charge on any atom is -0.478 e. The maximum absolute atomic E-state index is 9.64. The molecule has 0 rings (SSSR count). The van der Waals surface area contributed by atoms with Crippen molar-refractivity contribution in [1.82, 2.24) is 0 Å². The van der Waals surface area contributed by atoms with E-state index in [1.165, 1.54) is 6.08 Å². The van der Waals surface area contributed by atoms with Crippen molar-refractivity contribution in [2.75, 3.05) is 5.75 Å². The van der Waals surface area contributed by atoms with Crippen LogP contribution in [0.1, 0.15) is 0 Å². The number of thiol groups is 1. The summed E-state index contributed by atoms with van der Waals surface area (Å²) < 4.78 is 0. The topological polar surface area (TPSA) is 37.3 Å². The Morgan fingerprint density at radius 1 is 1.86 bits per heavy atom. The van der Waals surface area contributed by atoms with Gasteiger partial charge in [0, 0.05) is 11.8 Å². The maximum atomic E-state index is 9.64. The molecule has 0 spiro atoms. The van der Waals surface area contributed by atoms with Crippen LogP contribution in [0.2, 0.25) is 0 Å². The van der Waals surface area contributed by atoms with Crippen LogP contribution in [0.5, 0.6) is 0 Å². The highest BCUT2D eigenvalue weighted by atomic mass is 32.1. The number of carbonyl (C=O) groups is 1. The van der Waals surface area contributed by atoms with Gasteiger partial charge in [0.25, 0.3) is 0 Å². The molecule has 0 unspecified atom stereocenters. The van der Waals surface area contributed by atoms with E-state index >= 15 is 0 Å². The molecule has 0 aliphatic rings. The first-order valence-corrected chi connectivity index (χ1v) is 2.41. The van der Waals surface area contributed by atoms with Gasteiger partial charge in [-0.2, -0.15) is 12.6 Å². The summed E-state index contributed by atoms with van der Waals surface area (Å²) in [5.74, 6) is -0.444. The highest BCUT2D eigenvalue weighted by molar-refractivity contribution is 7.80. The van der Waals surface area contributed by atoms with E-state index in [4.69, 9.17) is 5.11 Å². The quantitative estimate of drug-likeness (QED) is 0.410. The third kappa shape index (κ3) is 5.56. The molecule has 0 atom stereocenters. The lowest BCUT2D eigenvalue weighted by atomic mass is 10.5. The lowest BCUT2D eigenvalue weighted by Crippen LogP contribution is -1.85. The molecular weight excluding hydrogens is 112 g/mol. The second kappa shape index (κ2) is 3.74. The predicted octanol–water partition coefficient (Wildman–Crippen LogP) is 0.557. The lowest BCUT2D eigenvalue weighted by Gasteiger charge is -1.73. The summed E-state index contributed by atoms with van der Waals surface area (Å²) in [6.45, 7) is 0. The van der Waals surface area contributed by atoms with Crippen molar-refractivity contribution in [3.63, 3.8) is 0 Å². The van der Waals surface area contributed by atoms with E-state index in [1.807, 2.05) is 0 Å². The normalized spacial score (nSPS) is 9.86. The van der Waals surface area contributed by atoms with E-state index in [0.717, 1.165) is 6.08 Å². The zero-order valence-electron chi connectivity index (χ0n) is 3.66. The van der Waals surface area contributed by atoms with Gasteiger partial charge in [-0.3, -0.25) is 0 Å². The van der Waals surface area contributed by atoms with E-state index < -0.39 is 5.97 Å². The molecule has 0 heterocycles. The fourth-order valence-corrected chi connectivity index (χ4v) is 0.259. The zero-order valence-corrected chi connectivity index (χ0v) is 4.56. The molecule has 0 aliphatic carbocycles. The van der Waals surface area contributed by atoms with Crippen LogP contribution in [-0.2, 0) is 4.79 Å². The summed E-state index contributed by atoms with van der Waals surface area (Å²) in [4.78, 5) is 9.64. The SMILES string of the molecule is O=C(O)/C=C\CS. The third-order valence-corrected chi connectivity index (χ3v) is 0.577. The van der Waals surface area contributed by atoms with Gasteiger partial charge in [-0.1, -0.05) is 6.08 Å². The largest absolute Gasteiger partial charge is 0.478 e. The van der Waals surface area contributed by atoms with Crippen molar-refractivity contribution in [3.8, 4) is 0 Å². The molecule has 0 bridgehead atoms. The Labute approximate surface area is 47.3 Å². The Morgan fingerprint density at radius 2 is 2.43 bits per heavy atom. The number of carboxylic acids is 1. The van der Waals surface area contributed by atoms with E-state index in [2.05, 4.69) is 12.6 Å². The molecule has 2 nitrogen and oxygen atoms in total. The molecule has 0 saturated carbocycles. The number of hydrogen-bond acceptors (Lipinski definition) is 2. The van der Waals surface area contributed by atoms with Crippen LogP contribution in [0.15, 0.2) is 12.2 Å². The number of aliphatic carboxylic acids is 1. The van der Waals surface area contributed by atoms with Gasteiger partial charge < -0.3 is 5.11 Å². The van der Waals surface area contributed by atoms with Gasteiger partial charge in [-0.05, 0) is 0 Å². The van der Waals surface area contributed by atoms with Gasteiger partial charge in [-0.15, -0.1) is 0 Å². The molecular formula is C4H6O2S. The average molecular weight is 118 g/mol. The van der Waals surface area contributed by atoms with Crippen molar-refractivity contribution < 1.29 is 9.90 Å². The average Bonchev–Trinajstić information content (AvgIpc) is 1.61. The molecule has 0 aromatic rings. The number of carboxylic acid groups (broad SMARTS) is 1. The first-order chi connectivity index (χ1) is 3.27. The van der Waals surface area contributed by atoms with Crippen molar-refractivity contribution in [2.45, 2.75) is 0 Å². The molecule has 0 aromatic heterocycles. The number of hydrogen-bond donors (Lipinski definition) is 2. The fraction of sp³-hybridized carbons (Fsp3) is 0.250. The van der Waals surface area contributed by atoms with Crippen molar-refractivity contribution in [2.24, 2.45) is 0 Å². The molecule has 0 aliphatic heterocycles. The maximum Gasteiger partial charge on any atom is 0.328 e. The molecule has 3 heteroatoms. The summed E-state index contributed by atoms with van der Waals surface area (Å²) in [5, 5.41) is 7.92. The first-order valence-electron chi connectivity index (χ1n) is 1.77. The first kappa shape index (κ1) is 6.56. The van der Waals surface area contributed by atoms with Crippen molar-refractivity contribution in [1.29, 1.82) is 0 Å². The van der Waals surface area contributed by atoms with Crippen LogP contribution in [-0.4, -0.2) is 16.8 Å². The van der Waals surface area contributed by atoms with Crippen LogP contribution in [0, 0.1) is 0 Å². The molecule has 0 fully saturated rings. The van der Waals surface area contributed by atoms with Crippen LogP contribution < -0.4 is 0 Å². The van der Waals surface area contributed by atoms with Crippen molar-refractivity contribution >= 4 is 18.6 Å². The second-order valence-electron chi connectivity index (χ2n) is 0.923. The Hall–Kier alpha value is -0.440. The minimum absolute atomic E-state index is 0.478. The summed E-state index contributed by atoms with van der Waals surface area (Å²) in [6, 6.07) is 0. The predicted molar refractivity (Wildman–Crippen MR) is 30.6 cm³/mol. The minimum atomic E-state index is -0.922. The highest BCUT2D eigenvalue weighted by Gasteiger charge is 1.79. The van der Waals surface area contributed by atoms with Crippen LogP contribution in [0.25, 0.3) is 0 Å². The van der Waals surface area contributed by atoms with Crippen LogP contribution in [0.3, 0.4) is 0 Å². The van der Waals surface area contributed by atoms with Gasteiger partial charge in [0.2, 0.25) is 0 Å². The van der Waals surface area contributed by atoms with Gasteiger partial charge in [-0.25, -0.2) is 4.79 Å². The van der Waals surface area contributed by atoms with E-state index in [9.17, 15) is 4.79 Å². The van der Waals surface area contributed by atoms with Crippen LogP contribution in [0.4, 0.5) is 0 Å². The Bertz CT molecular complexity index is 87.7. The van der Waals surface area contributed by atoms with Gasteiger partial charge >= 0.3 is 5.97 Å². The summed E-state index contributed by atoms with van der Waals surface area (Å²) >= 11 is 3.75. The van der Waals surface area contributed by atoms with E-state index in [-0.39, 0.29) is 0 Å². The second-order valence-corrected chi connectivity index (χ2v) is 1.29. The summed E-state index contributed by atoms with van der Waals surface area (Å²) in [5.41, 5.74) is 0. The summed E-state index contributed by atoms with van der Waals surface area (Å²) in [6.07, 6.45) is 2.53. The molecule has 0 amide bonds. The standard InChI is InChI=1S/C4H6O2S/c5-4(6)2-1-3-7/h1-2,7H,3H2,(H,5,6)/b2-1-. The smallest absolute Gasteiger partial charge is 0.328 e. The molecule has 1 N–H and O–H groups in total. The Morgan fingerprint density at radius 3 is 2.57 bits per heavy atom. The highest BCUT2D eigenvalue weighted by Crippen LogP contribution is 1.75. The fourth-order valence-electron chi connectivity index (χ4n) is 0.154. The van der Waals surface area contributed by atoms with Gasteiger partial charge in [0.15, 0.2) is 0 Å². The molecule has 7 heavy (non-hydrogen) atoms. The monoisotopic (exact) mass is 118 g/mol. The van der Waals surface area contributed by atoms with E-state index in [0.29, 0.717) is 5.75 Å². The Kier molecular flexibility index (Phi) is 3.50. The third-order valence-electron chi connectivity index (χ3n) is 0.366. The Balaban J connectivity index is 3.26. The van der Waals surface area contributed by atoms with Gasteiger partial charge in [0.05, 0.1) is 0 Å². The van der Waals surface area contributed by atoms with Gasteiger partial charge in [0.1, 0.15) is 0 Å². The van der Waals surface area contributed by atoms with Crippen LogP contribution >= 0.6 is 12.6 Å². The summed E-state index contributed by atoms with van der Waals surface area (Å²) in [7, 11) is 0. The molecule has 0 radical (unpaired) electrons. The lowest BCUT2D eigenvalue weighted by molar-refractivity contribution is -0.131. The zero-order chi connectivity index (χ0) is 5.70. The molecule has 0 aromatic carbocycles. The van der Waals surface area contributed by atoms with E-state index in [1.54, 1.807) is 0 Å². The number of rotatable bonds is 2. The van der Waals surface area contributed by atoms with Crippen molar-refractivity contribution in [3.05, 3.63) is 12.2 Å². The molecule has 0 saturated heterocycles. The molecule has 40 valence electrons.